The number of ether oxygens (including phenoxy) is 1. The molecule has 3 aromatic rings. The highest BCUT2D eigenvalue weighted by atomic mass is 16.7. The molecule has 0 aliphatic carbocycles. The van der Waals surface area contributed by atoms with Crippen LogP contribution >= 0.6 is 0 Å². The van der Waals surface area contributed by atoms with Crippen molar-refractivity contribution in [3.63, 3.8) is 0 Å². The number of rotatable bonds is 5. The number of aromatic nitrogens is 1. The van der Waals surface area contributed by atoms with Crippen LogP contribution in [0.3, 0.4) is 0 Å². The van der Waals surface area contributed by atoms with Gasteiger partial charge in [-0.25, -0.2) is 5.48 Å². The van der Waals surface area contributed by atoms with Crippen LogP contribution in [0, 0.1) is 20.8 Å². The molecule has 0 saturated carbocycles. The molecule has 0 atom stereocenters. The first-order chi connectivity index (χ1) is 16.3. The van der Waals surface area contributed by atoms with Gasteiger partial charge in [-0.3, -0.25) is 9.59 Å². The van der Waals surface area contributed by atoms with E-state index in [1.54, 1.807) is 32.2 Å². The van der Waals surface area contributed by atoms with E-state index in [0.717, 1.165) is 16.7 Å². The van der Waals surface area contributed by atoms with Crippen molar-refractivity contribution in [1.82, 2.24) is 10.0 Å². The molecule has 8 nitrogen and oxygen atoms in total. The highest BCUT2D eigenvalue weighted by Crippen LogP contribution is 2.16. The van der Waals surface area contributed by atoms with E-state index < -0.39 is 5.56 Å². The van der Waals surface area contributed by atoms with Crippen molar-refractivity contribution in [2.75, 3.05) is 12.4 Å². The average Bonchev–Trinajstić information content (AvgIpc) is 3.28. The summed E-state index contributed by atoms with van der Waals surface area (Å²) < 4.78 is 6.57. The summed E-state index contributed by atoms with van der Waals surface area (Å²) >= 11 is 0. The van der Waals surface area contributed by atoms with E-state index in [-0.39, 0.29) is 23.6 Å². The second kappa shape index (κ2) is 9.27. The first kappa shape index (κ1) is 22.8. The summed E-state index contributed by atoms with van der Waals surface area (Å²) in [7, 11) is 1.59. The molecule has 4 rings (SSSR count). The lowest BCUT2D eigenvalue weighted by molar-refractivity contribution is -0.116. The van der Waals surface area contributed by atoms with Crippen molar-refractivity contribution >= 4 is 29.9 Å². The minimum atomic E-state index is -0.405. The van der Waals surface area contributed by atoms with Crippen molar-refractivity contribution in [2.24, 2.45) is 4.99 Å². The molecule has 0 fully saturated rings. The molecule has 1 amide bonds. The fourth-order valence-electron chi connectivity index (χ4n) is 3.77. The Kier molecular flexibility index (Phi) is 6.23. The van der Waals surface area contributed by atoms with Gasteiger partial charge >= 0.3 is 0 Å². The van der Waals surface area contributed by atoms with E-state index >= 15 is 0 Å². The number of aliphatic imine (C=N–C) groups is 1. The molecule has 0 unspecified atom stereocenters. The highest BCUT2D eigenvalue weighted by molar-refractivity contribution is 6.01. The Bertz CT molecular complexity index is 1470. The maximum atomic E-state index is 13.4. The Morgan fingerprint density at radius 2 is 1.88 bits per heavy atom. The number of hydrogen-bond donors (Lipinski definition) is 2. The first-order valence-electron chi connectivity index (χ1n) is 10.7. The molecule has 8 heteroatoms. The smallest absolute Gasteiger partial charge is 0.264 e. The van der Waals surface area contributed by atoms with Gasteiger partial charge in [0.25, 0.3) is 11.4 Å². The second-order valence-corrected chi connectivity index (χ2v) is 8.14. The molecule has 2 aromatic carbocycles. The number of amides is 1. The van der Waals surface area contributed by atoms with Gasteiger partial charge in [0.1, 0.15) is 17.5 Å². The fraction of sp³-hybridized carbons (Fsp3) is 0.192. The van der Waals surface area contributed by atoms with Crippen LogP contribution in [0.15, 0.2) is 58.3 Å². The minimum absolute atomic E-state index is 0.101. The summed E-state index contributed by atoms with van der Waals surface area (Å²) in [5, 5.41) is 3.54. The van der Waals surface area contributed by atoms with Crippen LogP contribution in [-0.2, 0) is 16.2 Å². The number of carbonyl (C=O) groups is 1. The number of benzene rings is 2. The number of nitrogens with one attached hydrogen (secondary N) is 2. The molecular formula is C26H26N4O4. The van der Waals surface area contributed by atoms with Gasteiger partial charge in [-0.2, -0.15) is 4.99 Å². The molecule has 0 spiro atoms. The Balaban J connectivity index is 1.68. The molecule has 1 aliphatic rings. The number of aryl methyl sites for hydroxylation is 3. The number of amidine groups is 1. The summed E-state index contributed by atoms with van der Waals surface area (Å²) in [5.41, 5.74) is 6.49. The number of methoxy groups -OCH3 is 1. The monoisotopic (exact) mass is 458 g/mol. The number of hydrogen-bond acceptors (Lipinski definition) is 6. The van der Waals surface area contributed by atoms with Gasteiger partial charge in [-0.15, -0.1) is 0 Å². The van der Waals surface area contributed by atoms with Crippen LogP contribution in [0.2, 0.25) is 0 Å². The summed E-state index contributed by atoms with van der Waals surface area (Å²) in [4.78, 5) is 36.1. The Hall–Kier alpha value is -4.33. The lowest BCUT2D eigenvalue weighted by atomic mass is 10.1. The predicted octanol–water partition coefficient (Wildman–Crippen LogP) is 1.88. The normalized spacial score (nSPS) is 14.2. The van der Waals surface area contributed by atoms with Crippen molar-refractivity contribution in [3.8, 4) is 5.75 Å². The van der Waals surface area contributed by atoms with Crippen LogP contribution in [0.25, 0.3) is 12.5 Å². The van der Waals surface area contributed by atoms with E-state index in [4.69, 9.17) is 9.57 Å². The minimum Gasteiger partial charge on any atom is -0.497 e. The van der Waals surface area contributed by atoms with Gasteiger partial charge in [-0.05, 0) is 68.0 Å². The third-order valence-electron chi connectivity index (χ3n) is 5.58. The van der Waals surface area contributed by atoms with Crippen molar-refractivity contribution in [2.45, 2.75) is 27.3 Å². The van der Waals surface area contributed by atoms with Gasteiger partial charge in [0.15, 0.2) is 5.84 Å². The standard InChI is InChI=1S/C26H26N4O4/c1-15-6-11-21(16(2)12-15)27-22(31)14-30-18(4)13-17(3)23(26(30)32)25-28-24(29-34-25)19-7-9-20(33-5)10-8-19/h6-13H,3,14H2,1-2,4-5H3,(H,27,31)(H,28,29). The maximum Gasteiger partial charge on any atom is 0.264 e. The zero-order valence-electron chi connectivity index (χ0n) is 19.6. The van der Waals surface area contributed by atoms with Crippen molar-refractivity contribution in [1.29, 1.82) is 0 Å². The third kappa shape index (κ3) is 4.56. The lowest BCUT2D eigenvalue weighted by Crippen LogP contribution is -2.47. The average molecular weight is 459 g/mol. The van der Waals surface area contributed by atoms with Gasteiger partial charge < -0.3 is 19.5 Å². The maximum absolute atomic E-state index is 13.4. The predicted molar refractivity (Wildman–Crippen MR) is 132 cm³/mol. The van der Waals surface area contributed by atoms with Crippen molar-refractivity contribution < 1.29 is 14.4 Å². The lowest BCUT2D eigenvalue weighted by Gasteiger charge is -2.12. The van der Waals surface area contributed by atoms with E-state index in [2.05, 4.69) is 22.4 Å². The molecular weight excluding hydrogens is 432 g/mol. The molecule has 0 radical (unpaired) electrons. The molecule has 2 heterocycles. The molecule has 2 N–H and O–H groups in total. The summed E-state index contributed by atoms with van der Waals surface area (Å²) in [6.07, 6.45) is 0. The second-order valence-electron chi connectivity index (χ2n) is 8.14. The molecule has 0 bridgehead atoms. The zero-order valence-corrected chi connectivity index (χ0v) is 19.6. The molecule has 1 aliphatic heterocycles. The van der Waals surface area contributed by atoms with Crippen LogP contribution in [-0.4, -0.2) is 23.4 Å². The number of carbonyl (C=O) groups excluding carboxylic acids is 1. The number of pyridine rings is 1. The van der Waals surface area contributed by atoms with E-state index in [9.17, 15) is 9.59 Å². The number of anilines is 1. The van der Waals surface area contributed by atoms with Crippen LogP contribution in [0.5, 0.6) is 5.75 Å². The molecule has 174 valence electrons. The number of hydroxylamine groups is 1. The largest absolute Gasteiger partial charge is 0.497 e. The van der Waals surface area contributed by atoms with Crippen LogP contribution < -0.4 is 31.5 Å². The van der Waals surface area contributed by atoms with Crippen LogP contribution in [0.1, 0.15) is 22.4 Å². The van der Waals surface area contributed by atoms with E-state index in [0.29, 0.717) is 28.2 Å². The topological polar surface area (TPSA) is 94.0 Å². The van der Waals surface area contributed by atoms with E-state index in [1.807, 2.05) is 44.2 Å². The Labute approximate surface area is 196 Å². The summed E-state index contributed by atoms with van der Waals surface area (Å²) in [6, 6.07) is 14.8. The van der Waals surface area contributed by atoms with Crippen molar-refractivity contribution in [3.05, 3.63) is 91.7 Å². The van der Waals surface area contributed by atoms with Crippen LogP contribution in [0.4, 0.5) is 5.69 Å². The molecule has 34 heavy (non-hydrogen) atoms. The number of nitrogens with zero attached hydrogens (tertiary/aromatic N) is 2. The fourth-order valence-corrected chi connectivity index (χ4v) is 3.77. The third-order valence-corrected chi connectivity index (χ3v) is 5.58. The van der Waals surface area contributed by atoms with Gasteiger partial charge in [0.05, 0.1) is 7.11 Å². The Morgan fingerprint density at radius 3 is 2.56 bits per heavy atom. The SMILES string of the molecule is C=c1cc(C)n(CC(=O)Nc2ccc(C)cc2C)c(=O)c1=C1N=C(c2ccc(OC)cc2)NO1. The van der Waals surface area contributed by atoms with Gasteiger partial charge in [0, 0.05) is 16.9 Å². The quantitative estimate of drug-likeness (QED) is 0.609. The Morgan fingerprint density at radius 1 is 1.15 bits per heavy atom. The van der Waals surface area contributed by atoms with Gasteiger partial charge in [-0.1, -0.05) is 24.3 Å². The van der Waals surface area contributed by atoms with E-state index in [1.165, 1.54) is 4.57 Å². The summed E-state index contributed by atoms with van der Waals surface area (Å²) in [6.45, 7) is 9.51. The zero-order chi connectivity index (χ0) is 24.4. The molecule has 1 aromatic heterocycles. The highest BCUT2D eigenvalue weighted by Gasteiger charge is 2.18. The molecule has 0 saturated heterocycles. The van der Waals surface area contributed by atoms with Gasteiger partial charge in [0.2, 0.25) is 5.91 Å². The first-order valence-corrected chi connectivity index (χ1v) is 10.7. The summed E-state index contributed by atoms with van der Waals surface area (Å²) in [5.74, 6) is 0.964.